The first-order valence-corrected chi connectivity index (χ1v) is 7.82. The Labute approximate surface area is 124 Å². The summed E-state index contributed by atoms with van der Waals surface area (Å²) in [6.45, 7) is 5.80. The molecule has 0 heterocycles. The molecule has 0 rings (SSSR count). The number of rotatable bonds is 10. The van der Waals surface area contributed by atoms with Crippen LogP contribution in [-0.2, 0) is 14.4 Å². The van der Waals surface area contributed by atoms with E-state index in [-0.39, 0.29) is 17.1 Å². The lowest BCUT2D eigenvalue weighted by atomic mass is 10.2. The first kappa shape index (κ1) is 18.8. The molecular weight excluding hydrogens is 280 g/mol. The highest BCUT2D eigenvalue weighted by Gasteiger charge is 2.19. The van der Waals surface area contributed by atoms with Crippen molar-refractivity contribution in [1.82, 2.24) is 10.6 Å². The summed E-state index contributed by atoms with van der Waals surface area (Å²) in [4.78, 5) is 33.5. The molecule has 0 aliphatic carbocycles. The van der Waals surface area contributed by atoms with Gasteiger partial charge >= 0.3 is 5.97 Å². The highest BCUT2D eigenvalue weighted by molar-refractivity contribution is 8.00. The third-order valence-electron chi connectivity index (χ3n) is 2.65. The summed E-state index contributed by atoms with van der Waals surface area (Å²) in [5, 5.41) is 13.9. The van der Waals surface area contributed by atoms with Gasteiger partial charge in [-0.15, -0.1) is 11.8 Å². The van der Waals surface area contributed by atoms with Crippen LogP contribution in [0.2, 0.25) is 0 Å². The fourth-order valence-corrected chi connectivity index (χ4v) is 2.43. The molecule has 0 saturated carbocycles. The fraction of sp³-hybridized carbons (Fsp3) is 0.769. The topological polar surface area (TPSA) is 95.5 Å². The molecule has 0 fully saturated rings. The zero-order valence-corrected chi connectivity index (χ0v) is 13.1. The van der Waals surface area contributed by atoms with Crippen molar-refractivity contribution in [3.8, 4) is 0 Å². The normalized spacial score (nSPS) is 13.3. The maximum absolute atomic E-state index is 11.7. The number of amides is 2. The van der Waals surface area contributed by atoms with E-state index in [0.29, 0.717) is 18.7 Å². The summed E-state index contributed by atoms with van der Waals surface area (Å²) in [7, 11) is 0. The molecule has 20 heavy (non-hydrogen) atoms. The number of carboxylic acids is 1. The van der Waals surface area contributed by atoms with E-state index in [1.165, 1.54) is 18.7 Å². The molecule has 3 N–H and O–H groups in total. The van der Waals surface area contributed by atoms with Crippen LogP contribution in [0.25, 0.3) is 0 Å². The lowest BCUT2D eigenvalue weighted by Gasteiger charge is -2.15. The first-order chi connectivity index (χ1) is 9.38. The number of unbranched alkanes of at least 4 members (excludes halogenated alkanes) is 1. The third kappa shape index (κ3) is 8.79. The molecule has 2 unspecified atom stereocenters. The Kier molecular flexibility index (Phi) is 9.88. The lowest BCUT2D eigenvalue weighted by molar-refractivity contribution is -0.141. The molecule has 0 aromatic heterocycles. The Bertz CT molecular complexity index is 336. The molecule has 0 spiro atoms. The van der Waals surface area contributed by atoms with Crippen LogP contribution in [-0.4, -0.2) is 46.5 Å². The number of nitrogens with one attached hydrogen (secondary N) is 2. The van der Waals surface area contributed by atoms with Gasteiger partial charge in [-0.05, 0) is 25.5 Å². The predicted octanol–water partition coefficient (Wildman–Crippen LogP) is 1.00. The van der Waals surface area contributed by atoms with E-state index in [2.05, 4.69) is 17.6 Å². The number of hydrogen-bond acceptors (Lipinski definition) is 4. The number of aliphatic carboxylic acids is 1. The summed E-state index contributed by atoms with van der Waals surface area (Å²) in [6, 6.07) is -0.893. The Hall–Kier alpha value is -1.24. The van der Waals surface area contributed by atoms with E-state index in [0.717, 1.165) is 12.8 Å². The van der Waals surface area contributed by atoms with E-state index in [1.54, 1.807) is 6.92 Å². The van der Waals surface area contributed by atoms with Gasteiger partial charge in [-0.1, -0.05) is 13.3 Å². The Morgan fingerprint density at radius 2 is 1.95 bits per heavy atom. The van der Waals surface area contributed by atoms with Gasteiger partial charge in [-0.3, -0.25) is 9.59 Å². The molecule has 0 bridgehead atoms. The van der Waals surface area contributed by atoms with Gasteiger partial charge in [0.1, 0.15) is 6.04 Å². The van der Waals surface area contributed by atoms with Crippen molar-refractivity contribution in [3.63, 3.8) is 0 Å². The largest absolute Gasteiger partial charge is 0.480 e. The van der Waals surface area contributed by atoms with E-state index in [9.17, 15) is 14.4 Å². The number of thioether (sulfide) groups is 1. The van der Waals surface area contributed by atoms with Crippen molar-refractivity contribution in [2.24, 2.45) is 0 Å². The van der Waals surface area contributed by atoms with E-state index in [1.807, 2.05) is 0 Å². The third-order valence-corrected chi connectivity index (χ3v) is 3.83. The molecular formula is C13H24N2O4S. The van der Waals surface area contributed by atoms with Gasteiger partial charge in [0, 0.05) is 13.5 Å². The number of carbonyl (C=O) groups excluding carboxylic acids is 2. The molecule has 0 aromatic carbocycles. The zero-order chi connectivity index (χ0) is 15.5. The van der Waals surface area contributed by atoms with Crippen LogP contribution in [0, 0.1) is 0 Å². The van der Waals surface area contributed by atoms with Gasteiger partial charge in [-0.2, -0.15) is 0 Å². The highest BCUT2D eigenvalue weighted by Crippen LogP contribution is 2.13. The Morgan fingerprint density at radius 1 is 1.30 bits per heavy atom. The number of carbonyl (C=O) groups is 3. The van der Waals surface area contributed by atoms with Crippen molar-refractivity contribution in [1.29, 1.82) is 0 Å². The molecule has 2 amide bonds. The molecule has 2 atom stereocenters. The molecule has 0 aliphatic rings. The maximum Gasteiger partial charge on any atom is 0.326 e. The fourth-order valence-electron chi connectivity index (χ4n) is 1.47. The molecule has 0 aromatic rings. The van der Waals surface area contributed by atoms with Gasteiger partial charge in [0.2, 0.25) is 11.8 Å². The lowest BCUT2D eigenvalue weighted by Crippen LogP contribution is -2.40. The van der Waals surface area contributed by atoms with E-state index >= 15 is 0 Å². The minimum atomic E-state index is -1.05. The van der Waals surface area contributed by atoms with Crippen LogP contribution in [0.1, 0.15) is 40.0 Å². The first-order valence-electron chi connectivity index (χ1n) is 6.77. The van der Waals surface area contributed by atoms with Crippen molar-refractivity contribution in [2.45, 2.75) is 51.3 Å². The van der Waals surface area contributed by atoms with Crippen molar-refractivity contribution in [3.05, 3.63) is 0 Å². The standard InChI is InChI=1S/C13H24N2O4S/c1-4-5-7-14-12(17)9(2)20-8-6-11(13(18)19)15-10(3)16/h9,11H,4-8H2,1-3H3,(H,14,17)(H,15,16)(H,18,19). The Morgan fingerprint density at radius 3 is 2.45 bits per heavy atom. The summed E-state index contributed by atoms with van der Waals surface area (Å²) in [5.74, 6) is -0.956. The van der Waals surface area contributed by atoms with Crippen LogP contribution >= 0.6 is 11.8 Å². The second kappa shape index (κ2) is 10.5. The van der Waals surface area contributed by atoms with Crippen LogP contribution in [0.4, 0.5) is 0 Å². The Balaban J connectivity index is 3.98. The van der Waals surface area contributed by atoms with Crippen molar-refractivity contribution >= 4 is 29.5 Å². The molecule has 116 valence electrons. The minimum absolute atomic E-state index is 0.0325. The van der Waals surface area contributed by atoms with Gasteiger partial charge in [-0.25, -0.2) is 4.79 Å². The second-order valence-electron chi connectivity index (χ2n) is 4.54. The van der Waals surface area contributed by atoms with Crippen LogP contribution in [0.3, 0.4) is 0 Å². The minimum Gasteiger partial charge on any atom is -0.480 e. The average molecular weight is 304 g/mol. The quantitative estimate of drug-likeness (QED) is 0.523. The maximum atomic E-state index is 11.7. The SMILES string of the molecule is CCCCNC(=O)C(C)SCCC(NC(C)=O)C(=O)O. The molecule has 0 radical (unpaired) electrons. The van der Waals surface area contributed by atoms with Gasteiger partial charge < -0.3 is 15.7 Å². The molecule has 7 heteroatoms. The van der Waals surface area contributed by atoms with Gasteiger partial charge in [0.25, 0.3) is 0 Å². The molecule has 0 saturated heterocycles. The smallest absolute Gasteiger partial charge is 0.326 e. The van der Waals surface area contributed by atoms with E-state index in [4.69, 9.17) is 5.11 Å². The number of hydrogen-bond donors (Lipinski definition) is 3. The zero-order valence-electron chi connectivity index (χ0n) is 12.3. The van der Waals surface area contributed by atoms with Crippen LogP contribution < -0.4 is 10.6 Å². The summed E-state index contributed by atoms with van der Waals surface area (Å²) < 4.78 is 0. The van der Waals surface area contributed by atoms with E-state index < -0.39 is 12.0 Å². The summed E-state index contributed by atoms with van der Waals surface area (Å²) >= 11 is 1.39. The van der Waals surface area contributed by atoms with Crippen LogP contribution in [0.15, 0.2) is 0 Å². The van der Waals surface area contributed by atoms with Gasteiger partial charge in [0.15, 0.2) is 0 Å². The number of carboxylic acid groups (broad SMARTS) is 1. The molecule has 0 aliphatic heterocycles. The monoisotopic (exact) mass is 304 g/mol. The van der Waals surface area contributed by atoms with Crippen molar-refractivity contribution < 1.29 is 19.5 Å². The van der Waals surface area contributed by atoms with Gasteiger partial charge in [0.05, 0.1) is 5.25 Å². The molecule has 6 nitrogen and oxygen atoms in total. The van der Waals surface area contributed by atoms with Crippen LogP contribution in [0.5, 0.6) is 0 Å². The average Bonchev–Trinajstić information content (AvgIpc) is 2.36. The summed E-state index contributed by atoms with van der Waals surface area (Å²) in [6.07, 6.45) is 2.28. The second-order valence-corrected chi connectivity index (χ2v) is 5.99. The van der Waals surface area contributed by atoms with Crippen molar-refractivity contribution in [2.75, 3.05) is 12.3 Å². The highest BCUT2D eigenvalue weighted by atomic mass is 32.2. The summed E-state index contributed by atoms with van der Waals surface area (Å²) in [5.41, 5.74) is 0. The predicted molar refractivity (Wildman–Crippen MR) is 79.7 cm³/mol.